The molecule has 1 atom stereocenters. The number of ether oxygens (including phenoxy) is 1. The Balaban J connectivity index is 2.13. The second-order valence-electron chi connectivity index (χ2n) is 5.95. The van der Waals surface area contributed by atoms with Crippen LogP contribution in [-0.4, -0.2) is 54.3 Å². The van der Waals surface area contributed by atoms with Crippen molar-refractivity contribution in [2.24, 2.45) is 5.92 Å². The summed E-state index contributed by atoms with van der Waals surface area (Å²) in [6.07, 6.45) is 0. The van der Waals surface area contributed by atoms with Crippen LogP contribution in [0.3, 0.4) is 0 Å². The molecule has 0 radical (unpaired) electrons. The molecule has 0 bridgehead atoms. The van der Waals surface area contributed by atoms with E-state index >= 15 is 0 Å². The molecule has 0 spiro atoms. The summed E-state index contributed by atoms with van der Waals surface area (Å²) >= 11 is 0. The molecule has 0 unspecified atom stereocenters. The van der Waals surface area contributed by atoms with Crippen LogP contribution in [-0.2, 0) is 14.3 Å². The molecular weight excluding hydrogens is 342 g/mol. The highest BCUT2D eigenvalue weighted by atomic mass is 16.5. The Morgan fingerprint density at radius 3 is 2.08 bits per heavy atom. The van der Waals surface area contributed by atoms with Crippen LogP contribution >= 0.6 is 0 Å². The van der Waals surface area contributed by atoms with E-state index in [4.69, 9.17) is 4.74 Å². The third-order valence-corrected chi connectivity index (χ3v) is 3.80. The number of imide groups is 2. The second kappa shape index (κ2) is 7.77. The molecule has 1 aromatic rings. The number of fused-ring (bicyclic) bond motifs is 1. The number of nitrogens with one attached hydrogen (secondary N) is 2. The quantitative estimate of drug-likeness (QED) is 0.575. The van der Waals surface area contributed by atoms with Crippen molar-refractivity contribution >= 4 is 29.7 Å². The second-order valence-corrected chi connectivity index (χ2v) is 5.95. The van der Waals surface area contributed by atoms with Crippen molar-refractivity contribution in [1.82, 2.24) is 15.5 Å². The van der Waals surface area contributed by atoms with Gasteiger partial charge in [0.25, 0.3) is 17.7 Å². The lowest BCUT2D eigenvalue weighted by Gasteiger charge is -2.27. The van der Waals surface area contributed by atoms with Gasteiger partial charge in [0.05, 0.1) is 11.1 Å². The topological polar surface area (TPSA) is 122 Å². The van der Waals surface area contributed by atoms with E-state index in [1.165, 1.54) is 19.2 Å². The van der Waals surface area contributed by atoms with Gasteiger partial charge in [-0.15, -0.1) is 0 Å². The fourth-order valence-electron chi connectivity index (χ4n) is 2.58. The van der Waals surface area contributed by atoms with Gasteiger partial charge in [0.15, 0.2) is 6.61 Å². The Bertz CT molecular complexity index is 739. The highest BCUT2D eigenvalue weighted by Crippen LogP contribution is 2.27. The maximum absolute atomic E-state index is 12.5. The molecule has 1 heterocycles. The van der Waals surface area contributed by atoms with Crippen LogP contribution in [0.2, 0.25) is 0 Å². The largest absolute Gasteiger partial charge is 0.454 e. The van der Waals surface area contributed by atoms with E-state index in [9.17, 15) is 24.0 Å². The van der Waals surface area contributed by atoms with Crippen LogP contribution in [0.1, 0.15) is 34.6 Å². The number of rotatable bonds is 5. The fourth-order valence-corrected chi connectivity index (χ4v) is 2.58. The summed E-state index contributed by atoms with van der Waals surface area (Å²) in [7, 11) is 1.33. The first-order valence-corrected chi connectivity index (χ1v) is 7.93. The SMILES string of the molecule is CNC(=O)NC(=O)COC(=O)[C@@H](C(C)C)N1C(=O)c2ccccc2C1=O. The number of amides is 5. The van der Waals surface area contributed by atoms with Gasteiger partial charge in [-0.1, -0.05) is 26.0 Å². The standard InChI is InChI=1S/C17H19N3O6/c1-9(2)13(16(24)26-8-12(21)19-17(25)18-3)20-14(22)10-6-4-5-7-11(10)15(20)23/h4-7,9,13H,8H2,1-3H3,(H2,18,19,21,25)/t13-/m1/s1. The maximum Gasteiger partial charge on any atom is 0.330 e. The molecule has 0 saturated carbocycles. The molecule has 1 aliphatic rings. The number of nitrogens with zero attached hydrogens (tertiary/aromatic N) is 1. The Morgan fingerprint density at radius 2 is 1.62 bits per heavy atom. The van der Waals surface area contributed by atoms with Crippen LogP contribution in [0.4, 0.5) is 4.79 Å². The third kappa shape index (κ3) is 3.71. The molecule has 0 saturated heterocycles. The smallest absolute Gasteiger partial charge is 0.330 e. The minimum absolute atomic E-state index is 0.216. The molecule has 2 N–H and O–H groups in total. The van der Waals surface area contributed by atoms with Crippen molar-refractivity contribution in [3.63, 3.8) is 0 Å². The number of carbonyl (C=O) groups excluding carboxylic acids is 5. The van der Waals surface area contributed by atoms with Gasteiger partial charge < -0.3 is 10.1 Å². The summed E-state index contributed by atoms with van der Waals surface area (Å²) in [6, 6.07) is 4.34. The molecule has 0 aliphatic carbocycles. The minimum Gasteiger partial charge on any atom is -0.454 e. The number of hydrogen-bond acceptors (Lipinski definition) is 6. The zero-order valence-electron chi connectivity index (χ0n) is 14.6. The predicted octanol–water partition coefficient (Wildman–Crippen LogP) is 0.306. The minimum atomic E-state index is -1.18. The molecule has 9 nitrogen and oxygen atoms in total. The third-order valence-electron chi connectivity index (χ3n) is 3.80. The van der Waals surface area contributed by atoms with Gasteiger partial charge in [0, 0.05) is 7.05 Å². The van der Waals surface area contributed by atoms with E-state index in [1.54, 1.807) is 26.0 Å². The van der Waals surface area contributed by atoms with Crippen molar-refractivity contribution in [3.05, 3.63) is 35.4 Å². The molecule has 26 heavy (non-hydrogen) atoms. The van der Waals surface area contributed by atoms with Gasteiger partial charge in [0.2, 0.25) is 0 Å². The molecule has 5 amide bonds. The van der Waals surface area contributed by atoms with E-state index < -0.39 is 48.3 Å². The summed E-state index contributed by atoms with van der Waals surface area (Å²) in [4.78, 5) is 61.0. The van der Waals surface area contributed by atoms with Crippen molar-refractivity contribution in [3.8, 4) is 0 Å². The van der Waals surface area contributed by atoms with E-state index in [1.807, 2.05) is 5.32 Å². The zero-order valence-corrected chi connectivity index (χ0v) is 14.6. The van der Waals surface area contributed by atoms with Crippen molar-refractivity contribution in [2.75, 3.05) is 13.7 Å². The number of benzene rings is 1. The molecule has 1 aromatic carbocycles. The first-order valence-electron chi connectivity index (χ1n) is 7.93. The lowest BCUT2D eigenvalue weighted by atomic mass is 10.0. The summed E-state index contributed by atoms with van der Waals surface area (Å²) < 4.78 is 4.90. The summed E-state index contributed by atoms with van der Waals surface area (Å²) in [5.74, 6) is -3.34. The van der Waals surface area contributed by atoms with Gasteiger partial charge >= 0.3 is 12.0 Å². The van der Waals surface area contributed by atoms with Crippen LogP contribution in [0, 0.1) is 5.92 Å². The van der Waals surface area contributed by atoms with Crippen LogP contribution in [0.25, 0.3) is 0 Å². The van der Waals surface area contributed by atoms with Gasteiger partial charge in [-0.3, -0.25) is 24.6 Å². The Labute approximate surface area is 149 Å². The van der Waals surface area contributed by atoms with Crippen molar-refractivity contribution < 1.29 is 28.7 Å². The van der Waals surface area contributed by atoms with Gasteiger partial charge in [0.1, 0.15) is 6.04 Å². The lowest BCUT2D eigenvalue weighted by Crippen LogP contribution is -2.49. The Hall–Kier alpha value is -3.23. The molecule has 138 valence electrons. The van der Waals surface area contributed by atoms with E-state index in [0.29, 0.717) is 0 Å². The molecule has 1 aliphatic heterocycles. The van der Waals surface area contributed by atoms with Crippen LogP contribution in [0.5, 0.6) is 0 Å². The first kappa shape index (κ1) is 19.1. The van der Waals surface area contributed by atoms with Crippen molar-refractivity contribution in [2.45, 2.75) is 19.9 Å². The monoisotopic (exact) mass is 361 g/mol. The van der Waals surface area contributed by atoms with Crippen LogP contribution in [0.15, 0.2) is 24.3 Å². The Kier molecular flexibility index (Phi) is 5.71. The fraction of sp³-hybridized carbons (Fsp3) is 0.353. The number of hydrogen-bond donors (Lipinski definition) is 2. The molecular formula is C17H19N3O6. The van der Waals surface area contributed by atoms with E-state index in [-0.39, 0.29) is 11.1 Å². The molecule has 0 aromatic heterocycles. The van der Waals surface area contributed by atoms with E-state index in [2.05, 4.69) is 5.32 Å². The highest BCUT2D eigenvalue weighted by Gasteiger charge is 2.44. The number of esters is 1. The molecule has 0 fully saturated rings. The summed E-state index contributed by atoms with van der Waals surface area (Å²) in [5, 5.41) is 4.12. The number of urea groups is 1. The zero-order chi connectivity index (χ0) is 19.4. The highest BCUT2D eigenvalue weighted by molar-refractivity contribution is 6.22. The molecule has 2 rings (SSSR count). The summed E-state index contributed by atoms with van der Waals surface area (Å²) in [5.41, 5.74) is 0.432. The normalized spacial score (nSPS) is 14.1. The van der Waals surface area contributed by atoms with Gasteiger partial charge in [-0.2, -0.15) is 0 Å². The average Bonchev–Trinajstić information content (AvgIpc) is 2.85. The molecule has 9 heteroatoms. The van der Waals surface area contributed by atoms with Gasteiger partial charge in [-0.05, 0) is 18.1 Å². The summed E-state index contributed by atoms with van der Waals surface area (Å²) in [6.45, 7) is 2.60. The van der Waals surface area contributed by atoms with Crippen molar-refractivity contribution in [1.29, 1.82) is 0 Å². The predicted molar refractivity (Wildman–Crippen MR) is 89.1 cm³/mol. The maximum atomic E-state index is 12.5. The average molecular weight is 361 g/mol. The first-order chi connectivity index (χ1) is 12.3. The van der Waals surface area contributed by atoms with Gasteiger partial charge in [-0.25, -0.2) is 9.59 Å². The van der Waals surface area contributed by atoms with Crippen LogP contribution < -0.4 is 10.6 Å². The lowest BCUT2D eigenvalue weighted by molar-refractivity contribution is -0.153. The Morgan fingerprint density at radius 1 is 1.08 bits per heavy atom. The number of carbonyl (C=O) groups is 5. The van der Waals surface area contributed by atoms with E-state index in [0.717, 1.165) is 4.90 Å².